The molecule has 2 N–H and O–H groups in total. The Kier molecular flexibility index (Phi) is 7.42. The minimum absolute atomic E-state index is 0.0289. The highest BCUT2D eigenvalue weighted by Crippen LogP contribution is 2.23. The average molecular weight is 408 g/mol. The number of amides is 1. The Hall–Kier alpha value is -1.96. The summed E-state index contributed by atoms with van der Waals surface area (Å²) < 4.78 is 32.5. The molecular formula is C21H25F2N2O2S+. The maximum absolute atomic E-state index is 13.8. The van der Waals surface area contributed by atoms with Crippen molar-refractivity contribution in [3.8, 4) is 0 Å². The number of ether oxygens (including phenoxy) is 1. The van der Waals surface area contributed by atoms with E-state index in [4.69, 9.17) is 4.74 Å². The molecule has 0 aliphatic carbocycles. The number of quaternary nitrogens is 1. The average Bonchev–Trinajstić information content (AvgIpc) is 2.69. The molecule has 7 heteroatoms. The smallest absolute Gasteiger partial charge is 0.231 e. The van der Waals surface area contributed by atoms with Gasteiger partial charge in [-0.1, -0.05) is 29.8 Å². The Balaban J connectivity index is 1.64. The molecule has 1 heterocycles. The van der Waals surface area contributed by atoms with Crippen molar-refractivity contribution >= 4 is 17.7 Å². The Morgan fingerprint density at radius 1 is 1.18 bits per heavy atom. The second kappa shape index (κ2) is 10.0. The molecule has 2 aromatic carbocycles. The van der Waals surface area contributed by atoms with Gasteiger partial charge in [0, 0.05) is 4.90 Å². The van der Waals surface area contributed by atoms with Crippen LogP contribution in [0.1, 0.15) is 17.2 Å². The van der Waals surface area contributed by atoms with Crippen LogP contribution in [0, 0.1) is 18.6 Å². The Labute approximate surface area is 168 Å². The third-order valence-corrected chi connectivity index (χ3v) is 5.79. The van der Waals surface area contributed by atoms with E-state index >= 15 is 0 Å². The van der Waals surface area contributed by atoms with Gasteiger partial charge < -0.3 is 15.0 Å². The Morgan fingerprint density at radius 3 is 2.61 bits per heavy atom. The Morgan fingerprint density at radius 2 is 1.89 bits per heavy atom. The predicted molar refractivity (Wildman–Crippen MR) is 106 cm³/mol. The zero-order chi connectivity index (χ0) is 19.9. The van der Waals surface area contributed by atoms with Gasteiger partial charge >= 0.3 is 0 Å². The summed E-state index contributed by atoms with van der Waals surface area (Å²) in [7, 11) is 0. The zero-order valence-electron chi connectivity index (χ0n) is 15.8. The number of benzene rings is 2. The minimum Gasteiger partial charge on any atom is -0.370 e. The summed E-state index contributed by atoms with van der Waals surface area (Å²) in [5.41, 5.74) is 2.20. The van der Waals surface area contributed by atoms with Gasteiger partial charge in [-0.25, -0.2) is 8.78 Å². The summed E-state index contributed by atoms with van der Waals surface area (Å²) in [6.45, 7) is 6.03. The highest BCUT2D eigenvalue weighted by atomic mass is 32.2. The van der Waals surface area contributed by atoms with Crippen LogP contribution in [0.5, 0.6) is 0 Å². The second-order valence-electron chi connectivity index (χ2n) is 6.96. The molecule has 1 saturated heterocycles. The van der Waals surface area contributed by atoms with E-state index in [1.807, 2.05) is 31.2 Å². The number of hydrogen-bond donors (Lipinski definition) is 2. The molecule has 150 valence electrons. The maximum atomic E-state index is 13.8. The highest BCUT2D eigenvalue weighted by Gasteiger charge is 2.23. The third kappa shape index (κ3) is 6.02. The highest BCUT2D eigenvalue weighted by molar-refractivity contribution is 8.00. The standard InChI is InChI=1S/C21H24F2N2O2S/c1-15-2-4-16(5-3-15)19(13-25-8-10-27-11-9-25)24-21(26)14-28-20-12-17(22)6-7-18(20)23/h2-7,12,19H,8-11,13-14H2,1H3,(H,24,26)/p+1/t19-/m1/s1. The molecule has 1 atom stereocenters. The molecule has 3 rings (SSSR count). The monoisotopic (exact) mass is 407 g/mol. The first-order valence-electron chi connectivity index (χ1n) is 9.36. The van der Waals surface area contributed by atoms with Crippen LogP contribution in [-0.2, 0) is 9.53 Å². The number of thioether (sulfide) groups is 1. The van der Waals surface area contributed by atoms with Crippen LogP contribution in [0.15, 0.2) is 47.4 Å². The number of rotatable bonds is 7. The van der Waals surface area contributed by atoms with Crippen molar-refractivity contribution in [2.24, 2.45) is 0 Å². The normalized spacial score (nSPS) is 16.0. The summed E-state index contributed by atoms with van der Waals surface area (Å²) in [6, 6.07) is 11.2. The quantitative estimate of drug-likeness (QED) is 0.691. The summed E-state index contributed by atoms with van der Waals surface area (Å²) in [5, 5.41) is 3.07. The minimum atomic E-state index is -0.521. The summed E-state index contributed by atoms with van der Waals surface area (Å²) in [5.74, 6) is -1.21. The third-order valence-electron chi connectivity index (χ3n) is 4.76. The van der Waals surface area contributed by atoms with E-state index in [0.29, 0.717) is 0 Å². The lowest BCUT2D eigenvalue weighted by Crippen LogP contribution is -3.14. The lowest BCUT2D eigenvalue weighted by molar-refractivity contribution is -0.909. The molecule has 1 aliphatic heterocycles. The van der Waals surface area contributed by atoms with Crippen LogP contribution < -0.4 is 10.2 Å². The molecule has 0 aromatic heterocycles. The maximum Gasteiger partial charge on any atom is 0.231 e. The van der Waals surface area contributed by atoms with E-state index in [-0.39, 0.29) is 22.6 Å². The van der Waals surface area contributed by atoms with Crippen molar-refractivity contribution in [1.82, 2.24) is 5.32 Å². The lowest BCUT2D eigenvalue weighted by Gasteiger charge is -2.28. The first-order chi connectivity index (χ1) is 13.5. The van der Waals surface area contributed by atoms with Crippen LogP contribution >= 0.6 is 11.8 Å². The molecule has 1 amide bonds. The molecule has 28 heavy (non-hydrogen) atoms. The van der Waals surface area contributed by atoms with Crippen molar-refractivity contribution in [3.63, 3.8) is 0 Å². The van der Waals surface area contributed by atoms with Gasteiger partial charge in [-0.2, -0.15) is 0 Å². The van der Waals surface area contributed by atoms with Gasteiger partial charge in [0.1, 0.15) is 37.3 Å². The van der Waals surface area contributed by atoms with Gasteiger partial charge in [0.2, 0.25) is 5.91 Å². The molecular weight excluding hydrogens is 382 g/mol. The number of halogens is 2. The molecule has 4 nitrogen and oxygen atoms in total. The molecule has 2 aromatic rings. The summed E-state index contributed by atoms with van der Waals surface area (Å²) in [6.07, 6.45) is 0. The molecule has 0 saturated carbocycles. The van der Waals surface area contributed by atoms with Gasteiger partial charge in [0.05, 0.1) is 19.0 Å². The zero-order valence-corrected chi connectivity index (χ0v) is 16.7. The van der Waals surface area contributed by atoms with Gasteiger partial charge in [-0.3, -0.25) is 4.79 Å². The molecule has 0 spiro atoms. The predicted octanol–water partition coefficient (Wildman–Crippen LogP) is 2.14. The number of carbonyl (C=O) groups excluding carboxylic acids is 1. The van der Waals surface area contributed by atoms with Gasteiger partial charge in [0.25, 0.3) is 0 Å². The van der Waals surface area contributed by atoms with Gasteiger partial charge in [-0.15, -0.1) is 11.8 Å². The lowest BCUT2D eigenvalue weighted by atomic mass is 10.0. The number of hydrogen-bond acceptors (Lipinski definition) is 3. The molecule has 1 aliphatic rings. The fourth-order valence-electron chi connectivity index (χ4n) is 3.17. The van der Waals surface area contributed by atoms with Crippen molar-refractivity contribution in [1.29, 1.82) is 0 Å². The fraction of sp³-hybridized carbons (Fsp3) is 0.381. The summed E-state index contributed by atoms with van der Waals surface area (Å²) in [4.78, 5) is 14.0. The van der Waals surface area contributed by atoms with Crippen LogP contribution in [-0.4, -0.2) is 44.5 Å². The van der Waals surface area contributed by atoms with Crippen LogP contribution in [0.4, 0.5) is 8.78 Å². The number of morpholine rings is 1. The molecule has 0 radical (unpaired) electrons. The molecule has 0 bridgehead atoms. The summed E-state index contributed by atoms with van der Waals surface area (Å²) >= 11 is 1.00. The first-order valence-corrected chi connectivity index (χ1v) is 10.3. The van der Waals surface area contributed by atoms with E-state index in [1.54, 1.807) is 0 Å². The van der Waals surface area contributed by atoms with Crippen molar-refractivity contribution in [3.05, 3.63) is 65.2 Å². The number of nitrogens with one attached hydrogen (secondary N) is 2. The van der Waals surface area contributed by atoms with E-state index in [9.17, 15) is 13.6 Å². The van der Waals surface area contributed by atoms with Crippen molar-refractivity contribution in [2.75, 3.05) is 38.6 Å². The van der Waals surface area contributed by atoms with E-state index in [2.05, 4.69) is 5.32 Å². The molecule has 1 fully saturated rings. The number of carbonyl (C=O) groups is 1. The van der Waals surface area contributed by atoms with Gasteiger partial charge in [0.15, 0.2) is 0 Å². The van der Waals surface area contributed by atoms with Crippen molar-refractivity contribution < 1.29 is 23.2 Å². The fourth-order valence-corrected chi connectivity index (χ4v) is 3.94. The Bertz CT molecular complexity index is 795. The second-order valence-corrected chi connectivity index (χ2v) is 7.98. The van der Waals surface area contributed by atoms with Crippen LogP contribution in [0.25, 0.3) is 0 Å². The topological polar surface area (TPSA) is 42.8 Å². The van der Waals surface area contributed by atoms with Crippen LogP contribution in [0.3, 0.4) is 0 Å². The van der Waals surface area contributed by atoms with Gasteiger partial charge in [-0.05, 0) is 30.7 Å². The SMILES string of the molecule is Cc1ccc([C@@H](C[NH+]2CCOCC2)NC(=O)CSc2cc(F)ccc2F)cc1. The van der Waals surface area contributed by atoms with E-state index in [1.165, 1.54) is 4.90 Å². The van der Waals surface area contributed by atoms with Crippen LogP contribution in [0.2, 0.25) is 0 Å². The number of aryl methyl sites for hydroxylation is 1. The van der Waals surface area contributed by atoms with Crippen molar-refractivity contribution in [2.45, 2.75) is 17.9 Å². The molecule has 0 unspecified atom stereocenters. The van der Waals surface area contributed by atoms with E-state index < -0.39 is 11.6 Å². The largest absolute Gasteiger partial charge is 0.370 e. The first kappa shape index (κ1) is 20.8. The van der Waals surface area contributed by atoms with E-state index in [0.717, 1.165) is 73.9 Å².